The molecule has 0 radical (unpaired) electrons. The largest absolute Gasteiger partial charge is 0.325 e. The molecule has 1 aliphatic heterocycles. The fourth-order valence-electron chi connectivity index (χ4n) is 3.95. The van der Waals surface area contributed by atoms with Crippen LogP contribution in [-0.2, 0) is 9.59 Å². The van der Waals surface area contributed by atoms with E-state index in [0.717, 1.165) is 29.0 Å². The van der Waals surface area contributed by atoms with E-state index in [2.05, 4.69) is 22.5 Å². The molecule has 2 N–H and O–H groups in total. The fourth-order valence-corrected chi connectivity index (χ4v) is 3.95. The van der Waals surface area contributed by atoms with Crippen LogP contribution in [0.4, 0.5) is 10.5 Å². The maximum absolute atomic E-state index is 12.8. The van der Waals surface area contributed by atoms with E-state index in [1.54, 1.807) is 0 Å². The molecular formula is C19H26N4O3. The number of urea groups is 1. The highest BCUT2D eigenvalue weighted by Gasteiger charge is 2.52. The average Bonchev–Trinajstić information content (AvgIpc) is 2.78. The molecule has 0 unspecified atom stereocenters. The summed E-state index contributed by atoms with van der Waals surface area (Å²) in [5.41, 5.74) is 2.31. The first kappa shape index (κ1) is 18.4. The van der Waals surface area contributed by atoms with Gasteiger partial charge in [-0.15, -0.1) is 0 Å². The molecule has 0 atom stereocenters. The Morgan fingerprint density at radius 3 is 2.58 bits per heavy atom. The van der Waals surface area contributed by atoms with Gasteiger partial charge < -0.3 is 10.6 Å². The molecule has 2 heterocycles. The van der Waals surface area contributed by atoms with Crippen LogP contribution in [0.3, 0.4) is 0 Å². The van der Waals surface area contributed by atoms with Gasteiger partial charge in [-0.1, -0.05) is 6.92 Å². The second kappa shape index (κ2) is 6.70. The Labute approximate surface area is 153 Å². The van der Waals surface area contributed by atoms with Crippen molar-refractivity contribution in [1.82, 2.24) is 15.2 Å². The molecule has 1 aromatic rings. The first-order valence-corrected chi connectivity index (χ1v) is 9.10. The van der Waals surface area contributed by atoms with E-state index in [1.165, 1.54) is 0 Å². The third kappa shape index (κ3) is 3.30. The number of carbonyl (C=O) groups is 3. The average molecular weight is 358 g/mol. The third-order valence-corrected chi connectivity index (χ3v) is 5.47. The molecular weight excluding hydrogens is 332 g/mol. The highest BCUT2D eigenvalue weighted by Crippen LogP contribution is 2.36. The molecule has 0 bridgehead atoms. The molecule has 1 spiro atoms. The number of carbonyl (C=O) groups excluding carboxylic acids is 3. The van der Waals surface area contributed by atoms with Gasteiger partial charge in [-0.3, -0.25) is 19.5 Å². The van der Waals surface area contributed by atoms with Gasteiger partial charge in [-0.25, -0.2) is 4.79 Å². The van der Waals surface area contributed by atoms with Gasteiger partial charge in [0, 0.05) is 5.69 Å². The third-order valence-electron chi connectivity index (χ3n) is 5.47. The number of hydrogen-bond donors (Lipinski definition) is 2. The summed E-state index contributed by atoms with van der Waals surface area (Å²) >= 11 is 0. The van der Waals surface area contributed by atoms with E-state index >= 15 is 0 Å². The van der Waals surface area contributed by atoms with Crippen LogP contribution in [0.5, 0.6) is 0 Å². The Balaban J connectivity index is 1.70. The van der Waals surface area contributed by atoms with Gasteiger partial charge in [0.1, 0.15) is 12.1 Å². The summed E-state index contributed by atoms with van der Waals surface area (Å²) in [5, 5.41) is 5.63. The Kier molecular flexibility index (Phi) is 4.73. The van der Waals surface area contributed by atoms with Crippen molar-refractivity contribution in [3.63, 3.8) is 0 Å². The lowest BCUT2D eigenvalue weighted by molar-refractivity contribution is -0.135. The molecule has 2 fully saturated rings. The lowest BCUT2D eigenvalue weighted by Crippen LogP contribution is -2.49. The number of amides is 4. The van der Waals surface area contributed by atoms with Gasteiger partial charge in [-0.2, -0.15) is 0 Å². The van der Waals surface area contributed by atoms with Crippen molar-refractivity contribution < 1.29 is 14.4 Å². The zero-order valence-electron chi connectivity index (χ0n) is 15.8. The number of aromatic nitrogens is 1. The zero-order valence-corrected chi connectivity index (χ0v) is 15.8. The second-order valence-corrected chi connectivity index (χ2v) is 7.68. The predicted molar refractivity (Wildman–Crippen MR) is 97.7 cm³/mol. The zero-order chi connectivity index (χ0) is 19.1. The standard InChI is InChI=1S/C19H26N4O3/c1-11-5-7-19(8-6-11)17(25)23(18(26)22-19)10-15(24)21-16-12(2)9-13(3)20-14(16)4/h9,11H,5-8,10H2,1-4H3,(H,21,24)(H,22,26). The summed E-state index contributed by atoms with van der Waals surface area (Å²) in [6.45, 7) is 7.47. The number of nitrogens with zero attached hydrogens (tertiary/aromatic N) is 2. The molecule has 7 heteroatoms. The van der Waals surface area contributed by atoms with Crippen molar-refractivity contribution >= 4 is 23.5 Å². The minimum Gasteiger partial charge on any atom is -0.323 e. The van der Waals surface area contributed by atoms with E-state index in [9.17, 15) is 14.4 Å². The summed E-state index contributed by atoms with van der Waals surface area (Å²) in [6.07, 6.45) is 3.08. The number of pyridine rings is 1. The Morgan fingerprint density at radius 2 is 1.96 bits per heavy atom. The number of anilines is 1. The van der Waals surface area contributed by atoms with E-state index in [-0.39, 0.29) is 12.5 Å². The highest BCUT2D eigenvalue weighted by molar-refractivity contribution is 6.10. The molecule has 4 amide bonds. The maximum atomic E-state index is 12.8. The van der Waals surface area contributed by atoms with Crippen molar-refractivity contribution in [2.75, 3.05) is 11.9 Å². The minimum atomic E-state index is -0.818. The van der Waals surface area contributed by atoms with Gasteiger partial charge in [0.05, 0.1) is 11.4 Å². The number of nitrogens with one attached hydrogen (secondary N) is 2. The molecule has 0 aromatic carbocycles. The van der Waals surface area contributed by atoms with Crippen LogP contribution in [0.1, 0.15) is 49.6 Å². The lowest BCUT2D eigenvalue weighted by Gasteiger charge is -2.33. The van der Waals surface area contributed by atoms with Crippen LogP contribution in [0, 0.1) is 26.7 Å². The maximum Gasteiger partial charge on any atom is 0.325 e. The SMILES string of the molecule is Cc1cc(C)c(NC(=O)CN2C(=O)NC3(CCC(C)CC3)C2=O)c(C)n1. The first-order valence-electron chi connectivity index (χ1n) is 9.10. The molecule has 140 valence electrons. The second-order valence-electron chi connectivity index (χ2n) is 7.68. The van der Waals surface area contributed by atoms with Crippen molar-refractivity contribution in [3.8, 4) is 0 Å². The van der Waals surface area contributed by atoms with Gasteiger partial charge in [0.2, 0.25) is 5.91 Å². The van der Waals surface area contributed by atoms with Crippen LogP contribution >= 0.6 is 0 Å². The molecule has 7 nitrogen and oxygen atoms in total. The lowest BCUT2D eigenvalue weighted by atomic mass is 9.77. The van der Waals surface area contributed by atoms with Gasteiger partial charge in [-0.05, 0) is 64.0 Å². The van der Waals surface area contributed by atoms with Crippen LogP contribution < -0.4 is 10.6 Å². The van der Waals surface area contributed by atoms with Crippen molar-refractivity contribution in [1.29, 1.82) is 0 Å². The van der Waals surface area contributed by atoms with Crippen molar-refractivity contribution in [2.24, 2.45) is 5.92 Å². The summed E-state index contributed by atoms with van der Waals surface area (Å²) in [7, 11) is 0. The molecule has 1 saturated heterocycles. The number of rotatable bonds is 3. The predicted octanol–water partition coefficient (Wildman–Crippen LogP) is 2.45. The van der Waals surface area contributed by atoms with Crippen LogP contribution in [0.15, 0.2) is 6.07 Å². The first-order chi connectivity index (χ1) is 12.2. The summed E-state index contributed by atoms with van der Waals surface area (Å²) in [6, 6.07) is 1.41. The minimum absolute atomic E-state index is 0.278. The van der Waals surface area contributed by atoms with E-state index in [4.69, 9.17) is 0 Å². The number of aryl methyl sites for hydroxylation is 3. The highest BCUT2D eigenvalue weighted by atomic mass is 16.2. The number of hydrogen-bond acceptors (Lipinski definition) is 4. The Bertz CT molecular complexity index is 743. The van der Waals surface area contributed by atoms with Crippen LogP contribution in [0.2, 0.25) is 0 Å². The van der Waals surface area contributed by atoms with Crippen LogP contribution in [0.25, 0.3) is 0 Å². The topological polar surface area (TPSA) is 91.4 Å². The smallest absolute Gasteiger partial charge is 0.323 e. The van der Waals surface area contributed by atoms with E-state index < -0.39 is 17.5 Å². The monoisotopic (exact) mass is 358 g/mol. The fraction of sp³-hybridized carbons (Fsp3) is 0.579. The van der Waals surface area contributed by atoms with E-state index in [0.29, 0.717) is 30.1 Å². The van der Waals surface area contributed by atoms with Gasteiger partial charge >= 0.3 is 6.03 Å². The summed E-state index contributed by atoms with van der Waals surface area (Å²) in [5.74, 6) is -0.116. The molecule has 1 saturated carbocycles. The van der Waals surface area contributed by atoms with Gasteiger partial charge in [0.15, 0.2) is 0 Å². The molecule has 1 aliphatic carbocycles. The van der Waals surface area contributed by atoms with Crippen molar-refractivity contribution in [3.05, 3.63) is 23.0 Å². The molecule has 2 aliphatic rings. The summed E-state index contributed by atoms with van der Waals surface area (Å²) < 4.78 is 0. The number of imide groups is 1. The Morgan fingerprint density at radius 1 is 1.31 bits per heavy atom. The van der Waals surface area contributed by atoms with Crippen LogP contribution in [-0.4, -0.2) is 39.8 Å². The Hall–Kier alpha value is -2.44. The normalized spacial score (nSPS) is 25.5. The summed E-state index contributed by atoms with van der Waals surface area (Å²) in [4.78, 5) is 43.0. The quantitative estimate of drug-likeness (QED) is 0.812. The van der Waals surface area contributed by atoms with Crippen molar-refractivity contribution in [2.45, 2.75) is 58.9 Å². The molecule has 26 heavy (non-hydrogen) atoms. The molecule has 1 aromatic heterocycles. The molecule has 3 rings (SSSR count). The van der Waals surface area contributed by atoms with E-state index in [1.807, 2.05) is 26.8 Å². The van der Waals surface area contributed by atoms with Gasteiger partial charge in [0.25, 0.3) is 5.91 Å².